The van der Waals surface area contributed by atoms with E-state index in [1.807, 2.05) is 30.5 Å². The minimum atomic E-state index is -0.212. The van der Waals surface area contributed by atoms with E-state index < -0.39 is 0 Å². The lowest BCUT2D eigenvalue weighted by Crippen LogP contribution is -2.47. The Bertz CT molecular complexity index is 1260. The number of anilines is 2. The van der Waals surface area contributed by atoms with Gasteiger partial charge in [0, 0.05) is 32.4 Å². The number of nitriles is 1. The van der Waals surface area contributed by atoms with Gasteiger partial charge in [-0.15, -0.1) is 0 Å². The molecule has 1 aliphatic carbocycles. The highest BCUT2D eigenvalue weighted by molar-refractivity contribution is 5.79. The smallest absolute Gasteiger partial charge is 0.128 e. The van der Waals surface area contributed by atoms with Crippen molar-refractivity contribution in [3.05, 3.63) is 77.2 Å². The summed E-state index contributed by atoms with van der Waals surface area (Å²) < 4.78 is 14.0. The Kier molecular flexibility index (Phi) is 10.1. The predicted molar refractivity (Wildman–Crippen MR) is 163 cm³/mol. The van der Waals surface area contributed by atoms with E-state index in [2.05, 4.69) is 33.0 Å². The van der Waals surface area contributed by atoms with Gasteiger partial charge in [0.1, 0.15) is 17.7 Å². The number of benzene rings is 2. The molecular weight excluding hydrogens is 495 g/mol. The van der Waals surface area contributed by atoms with Crippen LogP contribution in [-0.2, 0) is 12.8 Å². The fraction of sp³-hybridized carbons (Fsp3) is 0.486. The minimum absolute atomic E-state index is 0.212. The van der Waals surface area contributed by atoms with Crippen LogP contribution in [0.1, 0.15) is 87.3 Å². The van der Waals surface area contributed by atoms with Crippen LogP contribution in [0.15, 0.2) is 54.7 Å². The SMILES string of the molecule is N#Cc1c(N2CCN(c3ccccn3)CC2)cc(-c2ccc(F)cc2)c2c1CCCCCCCCCCCCC2. The molecule has 0 unspecified atom stereocenters. The molecular formula is C35H43FN4. The number of hydrogen-bond donors (Lipinski definition) is 0. The Morgan fingerprint density at radius 2 is 1.25 bits per heavy atom. The number of halogens is 1. The van der Waals surface area contributed by atoms with Crippen LogP contribution >= 0.6 is 0 Å². The van der Waals surface area contributed by atoms with Gasteiger partial charge in [0.2, 0.25) is 0 Å². The van der Waals surface area contributed by atoms with Gasteiger partial charge in [0.25, 0.3) is 0 Å². The van der Waals surface area contributed by atoms with Crippen LogP contribution in [0.25, 0.3) is 11.1 Å². The average Bonchev–Trinajstić information content (AvgIpc) is 3.01. The van der Waals surface area contributed by atoms with Gasteiger partial charge in [-0.3, -0.25) is 0 Å². The summed E-state index contributed by atoms with van der Waals surface area (Å²) in [6, 6.07) is 17.9. The van der Waals surface area contributed by atoms with Crippen LogP contribution in [0.3, 0.4) is 0 Å². The fourth-order valence-electron chi connectivity index (χ4n) is 6.50. The first-order valence-corrected chi connectivity index (χ1v) is 15.5. The molecule has 1 saturated heterocycles. The molecule has 5 rings (SSSR count). The molecule has 2 aromatic carbocycles. The summed E-state index contributed by atoms with van der Waals surface area (Å²) in [5.74, 6) is 0.796. The standard InChI is InChI=1S/C35H43FN4/c36-29-19-17-28(18-20-29)32-26-34(39-22-24-40(25-23-39)35-16-12-13-21-38-35)33(27-37)31-15-11-9-7-5-3-1-2-4-6-8-10-14-30(31)32/h12-13,16-21,26H,1-11,14-15,22-25H2. The largest absolute Gasteiger partial charge is 0.367 e. The summed E-state index contributed by atoms with van der Waals surface area (Å²) in [5.41, 5.74) is 6.68. The van der Waals surface area contributed by atoms with Crippen molar-refractivity contribution in [1.82, 2.24) is 4.98 Å². The monoisotopic (exact) mass is 538 g/mol. The van der Waals surface area contributed by atoms with E-state index in [9.17, 15) is 9.65 Å². The number of nitrogens with zero attached hydrogens (tertiary/aromatic N) is 4. The van der Waals surface area contributed by atoms with Crippen molar-refractivity contribution in [3.63, 3.8) is 0 Å². The first kappa shape index (κ1) is 28.1. The third kappa shape index (κ3) is 7.02. The Labute approximate surface area is 239 Å². The van der Waals surface area contributed by atoms with Gasteiger partial charge >= 0.3 is 0 Å². The zero-order valence-corrected chi connectivity index (χ0v) is 23.9. The maximum atomic E-state index is 14.0. The molecule has 0 saturated carbocycles. The molecule has 0 bridgehead atoms. The van der Waals surface area contributed by atoms with Crippen LogP contribution in [-0.4, -0.2) is 31.2 Å². The van der Waals surface area contributed by atoms with Crippen LogP contribution in [0.2, 0.25) is 0 Å². The Morgan fingerprint density at radius 3 is 1.82 bits per heavy atom. The van der Waals surface area contributed by atoms with E-state index in [4.69, 9.17) is 0 Å². The molecule has 5 heteroatoms. The van der Waals surface area contributed by atoms with Gasteiger partial charge in [0.05, 0.1) is 11.3 Å². The molecule has 0 amide bonds. The zero-order valence-electron chi connectivity index (χ0n) is 23.9. The first-order valence-electron chi connectivity index (χ1n) is 15.5. The molecule has 210 valence electrons. The summed E-state index contributed by atoms with van der Waals surface area (Å²) >= 11 is 0. The topological polar surface area (TPSA) is 43.2 Å². The van der Waals surface area contributed by atoms with Crippen LogP contribution in [0.4, 0.5) is 15.9 Å². The maximum absolute atomic E-state index is 14.0. The van der Waals surface area contributed by atoms with Crippen molar-refractivity contribution in [3.8, 4) is 17.2 Å². The molecule has 2 heterocycles. The Morgan fingerprint density at radius 1 is 0.675 bits per heavy atom. The summed E-state index contributed by atoms with van der Waals surface area (Å²) in [7, 11) is 0. The van der Waals surface area contributed by atoms with Crippen molar-refractivity contribution in [2.45, 2.75) is 83.5 Å². The Balaban J connectivity index is 1.51. The quantitative estimate of drug-likeness (QED) is 0.335. The van der Waals surface area contributed by atoms with Gasteiger partial charge in [-0.1, -0.05) is 76.0 Å². The molecule has 1 aliphatic heterocycles. The summed E-state index contributed by atoms with van der Waals surface area (Å²) in [6.07, 6.45) is 17.7. The predicted octanol–water partition coefficient (Wildman–Crippen LogP) is 8.48. The van der Waals surface area contributed by atoms with E-state index in [0.29, 0.717) is 0 Å². The summed E-state index contributed by atoms with van der Waals surface area (Å²) in [6.45, 7) is 3.41. The first-order chi connectivity index (χ1) is 19.7. The average molecular weight is 539 g/mol. The van der Waals surface area contributed by atoms with Crippen molar-refractivity contribution in [1.29, 1.82) is 5.26 Å². The molecule has 2 aliphatic rings. The van der Waals surface area contributed by atoms with Crippen LogP contribution in [0, 0.1) is 17.1 Å². The van der Waals surface area contributed by atoms with Gasteiger partial charge in [-0.05, 0) is 78.3 Å². The summed E-state index contributed by atoms with van der Waals surface area (Å²) in [5, 5.41) is 10.6. The van der Waals surface area contributed by atoms with E-state index in [1.54, 1.807) is 12.1 Å². The lowest BCUT2D eigenvalue weighted by molar-refractivity contribution is 0.549. The maximum Gasteiger partial charge on any atom is 0.128 e. The second-order valence-corrected chi connectivity index (χ2v) is 11.4. The van der Waals surface area contributed by atoms with Crippen molar-refractivity contribution in [2.24, 2.45) is 0 Å². The fourth-order valence-corrected chi connectivity index (χ4v) is 6.50. The number of pyridine rings is 1. The highest BCUT2D eigenvalue weighted by Crippen LogP contribution is 2.38. The van der Waals surface area contributed by atoms with Crippen molar-refractivity contribution >= 4 is 11.5 Å². The normalized spacial score (nSPS) is 17.8. The van der Waals surface area contributed by atoms with Crippen LogP contribution < -0.4 is 9.80 Å². The summed E-state index contributed by atoms with van der Waals surface area (Å²) in [4.78, 5) is 9.26. The molecule has 1 fully saturated rings. The molecule has 0 spiro atoms. The second kappa shape index (κ2) is 14.3. The van der Waals surface area contributed by atoms with Gasteiger partial charge in [-0.25, -0.2) is 9.37 Å². The number of aromatic nitrogens is 1. The molecule has 0 radical (unpaired) electrons. The third-order valence-electron chi connectivity index (χ3n) is 8.74. The van der Waals surface area contributed by atoms with Crippen molar-refractivity contribution < 1.29 is 4.39 Å². The highest BCUT2D eigenvalue weighted by Gasteiger charge is 2.25. The number of piperazine rings is 1. The molecule has 4 nitrogen and oxygen atoms in total. The molecule has 3 aromatic rings. The van der Waals surface area contributed by atoms with Gasteiger partial charge in [0.15, 0.2) is 0 Å². The van der Waals surface area contributed by atoms with E-state index in [-0.39, 0.29) is 5.82 Å². The number of fused-ring (bicyclic) bond motifs is 1. The lowest BCUT2D eigenvalue weighted by Gasteiger charge is -2.38. The van der Waals surface area contributed by atoms with Crippen LogP contribution in [0.5, 0.6) is 0 Å². The Hall–Kier alpha value is -3.39. The number of hydrogen-bond acceptors (Lipinski definition) is 4. The highest BCUT2D eigenvalue weighted by atomic mass is 19.1. The molecule has 0 atom stereocenters. The third-order valence-corrected chi connectivity index (χ3v) is 8.74. The minimum Gasteiger partial charge on any atom is -0.367 e. The molecule has 0 N–H and O–H groups in total. The number of rotatable bonds is 3. The lowest BCUT2D eigenvalue weighted by atomic mass is 9.85. The van der Waals surface area contributed by atoms with Gasteiger partial charge in [-0.2, -0.15) is 5.26 Å². The molecule has 1 aromatic heterocycles. The second-order valence-electron chi connectivity index (χ2n) is 11.4. The van der Waals surface area contributed by atoms with Gasteiger partial charge < -0.3 is 9.80 Å². The van der Waals surface area contributed by atoms with Crippen molar-refractivity contribution in [2.75, 3.05) is 36.0 Å². The molecule has 40 heavy (non-hydrogen) atoms. The zero-order chi connectivity index (χ0) is 27.6. The van der Waals surface area contributed by atoms with E-state index >= 15 is 0 Å². The van der Waals surface area contributed by atoms with E-state index in [0.717, 1.165) is 74.5 Å². The van der Waals surface area contributed by atoms with E-state index in [1.165, 1.54) is 74.5 Å².